The molecule has 0 aromatic heterocycles. The van der Waals surface area contributed by atoms with Crippen LogP contribution in [-0.2, 0) is 10.4 Å². The molecule has 1 aliphatic rings. The first-order valence-electron chi connectivity index (χ1n) is 8.48. The number of hydrogen-bond acceptors (Lipinski definition) is 2. The maximum absolute atomic E-state index is 11.9. The van der Waals surface area contributed by atoms with E-state index in [1.165, 1.54) is 0 Å². The van der Waals surface area contributed by atoms with Crippen molar-refractivity contribution in [1.82, 2.24) is 5.32 Å². The number of aliphatic hydroxyl groups is 1. The summed E-state index contributed by atoms with van der Waals surface area (Å²) in [5.74, 6) is 0.00664. The van der Waals surface area contributed by atoms with Gasteiger partial charge in [-0.3, -0.25) is 4.79 Å². The zero-order valence-electron chi connectivity index (χ0n) is 14.8. The van der Waals surface area contributed by atoms with Crippen LogP contribution >= 0.6 is 0 Å². The highest BCUT2D eigenvalue weighted by molar-refractivity contribution is 5.79. The van der Waals surface area contributed by atoms with Crippen LogP contribution in [0.2, 0.25) is 0 Å². The maximum atomic E-state index is 11.9. The van der Waals surface area contributed by atoms with Crippen LogP contribution in [-0.4, -0.2) is 17.1 Å². The molecule has 3 rings (SSSR count). The molecule has 0 aliphatic carbocycles. The van der Waals surface area contributed by atoms with Crippen molar-refractivity contribution in [2.75, 3.05) is 0 Å². The molecule has 2 aromatic rings. The van der Waals surface area contributed by atoms with Crippen molar-refractivity contribution in [3.05, 3.63) is 69.8 Å². The molecule has 3 heteroatoms. The van der Waals surface area contributed by atoms with Crippen molar-refractivity contribution >= 4 is 5.91 Å². The van der Waals surface area contributed by atoms with Gasteiger partial charge in [-0.25, -0.2) is 0 Å². The van der Waals surface area contributed by atoms with Crippen molar-refractivity contribution in [3.63, 3.8) is 0 Å². The second kappa shape index (κ2) is 6.06. The van der Waals surface area contributed by atoms with Crippen molar-refractivity contribution in [1.29, 1.82) is 0 Å². The molecule has 1 amide bonds. The Morgan fingerprint density at radius 2 is 1.29 bits per heavy atom. The van der Waals surface area contributed by atoms with Crippen LogP contribution in [0.4, 0.5) is 0 Å². The number of aryl methyl sites for hydroxylation is 4. The van der Waals surface area contributed by atoms with Crippen molar-refractivity contribution < 1.29 is 9.90 Å². The predicted octanol–water partition coefficient (Wildman–Crippen LogP) is 3.43. The molecule has 1 fully saturated rings. The Hall–Kier alpha value is -2.13. The highest BCUT2D eigenvalue weighted by atomic mass is 16.3. The van der Waals surface area contributed by atoms with Gasteiger partial charge >= 0.3 is 0 Å². The van der Waals surface area contributed by atoms with Gasteiger partial charge in [0.1, 0.15) is 5.60 Å². The second-order valence-electron chi connectivity index (χ2n) is 7.18. The van der Waals surface area contributed by atoms with Crippen LogP contribution in [0.15, 0.2) is 36.4 Å². The fourth-order valence-corrected chi connectivity index (χ4v) is 3.89. The average Bonchev–Trinajstić information content (AvgIpc) is 2.91. The number of rotatable bonds is 3. The summed E-state index contributed by atoms with van der Waals surface area (Å²) in [6.45, 7) is 8.13. The standard InChI is InChI=1S/C21H25NO2/c1-13-7-14(2)10-17(9-13)21(24,19-5-6-20(23)22-19)18-11-15(3)8-16(4)12-18/h7-12,19,24H,5-6H2,1-4H3,(H,22,23)/t19-/m0/s1. The van der Waals surface area contributed by atoms with Gasteiger partial charge in [0.2, 0.25) is 5.91 Å². The smallest absolute Gasteiger partial charge is 0.220 e. The van der Waals surface area contributed by atoms with Gasteiger partial charge in [-0.1, -0.05) is 58.7 Å². The van der Waals surface area contributed by atoms with Crippen LogP contribution in [0, 0.1) is 27.7 Å². The molecule has 2 aromatic carbocycles. The van der Waals surface area contributed by atoms with E-state index in [0.717, 1.165) is 33.4 Å². The molecule has 1 heterocycles. The van der Waals surface area contributed by atoms with E-state index >= 15 is 0 Å². The minimum absolute atomic E-state index is 0.00664. The van der Waals surface area contributed by atoms with E-state index in [2.05, 4.69) is 17.4 Å². The van der Waals surface area contributed by atoms with Crippen LogP contribution in [0.1, 0.15) is 46.2 Å². The molecule has 0 saturated carbocycles. The summed E-state index contributed by atoms with van der Waals surface area (Å²) in [7, 11) is 0. The Labute approximate surface area is 143 Å². The average molecular weight is 323 g/mol. The van der Waals surface area contributed by atoms with Crippen molar-refractivity contribution in [2.24, 2.45) is 0 Å². The lowest BCUT2D eigenvalue weighted by molar-refractivity contribution is -0.120. The molecule has 1 aliphatic heterocycles. The molecule has 0 spiro atoms. The summed E-state index contributed by atoms with van der Waals surface area (Å²) < 4.78 is 0. The highest BCUT2D eigenvalue weighted by Crippen LogP contribution is 2.38. The first kappa shape index (κ1) is 16.7. The summed E-state index contributed by atoms with van der Waals surface area (Å²) in [5, 5.41) is 14.8. The van der Waals surface area contributed by atoms with Crippen LogP contribution in [0.5, 0.6) is 0 Å². The third-order valence-electron chi connectivity index (χ3n) is 4.82. The zero-order chi connectivity index (χ0) is 17.5. The third-order valence-corrected chi connectivity index (χ3v) is 4.82. The lowest BCUT2D eigenvalue weighted by Gasteiger charge is -2.36. The molecule has 3 nitrogen and oxygen atoms in total. The maximum Gasteiger partial charge on any atom is 0.220 e. The van der Waals surface area contributed by atoms with Gasteiger partial charge in [0, 0.05) is 6.42 Å². The molecule has 24 heavy (non-hydrogen) atoms. The Balaban J connectivity index is 2.22. The third kappa shape index (κ3) is 2.96. The minimum atomic E-state index is -1.22. The molecule has 0 bridgehead atoms. The summed E-state index contributed by atoms with van der Waals surface area (Å²) in [4.78, 5) is 11.8. The lowest BCUT2D eigenvalue weighted by atomic mass is 9.77. The largest absolute Gasteiger partial charge is 0.378 e. The lowest BCUT2D eigenvalue weighted by Crippen LogP contribution is -2.47. The number of benzene rings is 2. The quantitative estimate of drug-likeness (QED) is 0.909. The molecule has 0 radical (unpaired) electrons. The summed E-state index contributed by atoms with van der Waals surface area (Å²) in [5.41, 5.74) is 4.90. The number of amides is 1. The fourth-order valence-electron chi connectivity index (χ4n) is 3.89. The van der Waals surface area contributed by atoms with Crippen molar-refractivity contribution in [3.8, 4) is 0 Å². The molecule has 126 valence electrons. The van der Waals surface area contributed by atoms with E-state index in [0.29, 0.717) is 12.8 Å². The summed E-state index contributed by atoms with van der Waals surface area (Å²) in [6, 6.07) is 12.0. The number of carbonyl (C=O) groups excluding carboxylic acids is 1. The van der Waals surface area contributed by atoms with E-state index in [1.54, 1.807) is 0 Å². The van der Waals surface area contributed by atoms with Gasteiger partial charge in [-0.05, 0) is 45.2 Å². The molecular formula is C21H25NO2. The van der Waals surface area contributed by atoms with Gasteiger partial charge in [0.15, 0.2) is 0 Å². The van der Waals surface area contributed by atoms with Crippen LogP contribution in [0.25, 0.3) is 0 Å². The molecule has 2 N–H and O–H groups in total. The number of carbonyl (C=O) groups is 1. The molecule has 1 saturated heterocycles. The number of hydrogen-bond donors (Lipinski definition) is 2. The molecular weight excluding hydrogens is 298 g/mol. The first-order chi connectivity index (χ1) is 11.3. The van der Waals surface area contributed by atoms with E-state index in [1.807, 2.05) is 52.0 Å². The van der Waals surface area contributed by atoms with E-state index < -0.39 is 5.60 Å². The zero-order valence-corrected chi connectivity index (χ0v) is 14.8. The summed E-state index contributed by atoms with van der Waals surface area (Å²) in [6.07, 6.45) is 1.10. The Bertz CT molecular complexity index is 702. The van der Waals surface area contributed by atoms with Gasteiger partial charge in [0.25, 0.3) is 0 Å². The Kier molecular flexibility index (Phi) is 4.22. The minimum Gasteiger partial charge on any atom is -0.378 e. The fraction of sp³-hybridized carbons (Fsp3) is 0.381. The normalized spacial score (nSPS) is 17.9. The van der Waals surface area contributed by atoms with Crippen molar-refractivity contribution in [2.45, 2.75) is 52.2 Å². The summed E-state index contributed by atoms with van der Waals surface area (Å²) >= 11 is 0. The topological polar surface area (TPSA) is 49.3 Å². The van der Waals surface area contributed by atoms with E-state index in [-0.39, 0.29) is 11.9 Å². The predicted molar refractivity (Wildman–Crippen MR) is 96.0 cm³/mol. The van der Waals surface area contributed by atoms with E-state index in [4.69, 9.17) is 0 Å². The Morgan fingerprint density at radius 1 is 0.875 bits per heavy atom. The monoisotopic (exact) mass is 323 g/mol. The first-order valence-corrected chi connectivity index (χ1v) is 8.48. The van der Waals surface area contributed by atoms with Gasteiger partial charge in [-0.2, -0.15) is 0 Å². The Morgan fingerprint density at radius 3 is 1.62 bits per heavy atom. The van der Waals surface area contributed by atoms with Gasteiger partial charge < -0.3 is 10.4 Å². The van der Waals surface area contributed by atoms with Crippen LogP contribution in [0.3, 0.4) is 0 Å². The highest BCUT2D eigenvalue weighted by Gasteiger charge is 2.44. The van der Waals surface area contributed by atoms with Crippen LogP contribution < -0.4 is 5.32 Å². The number of nitrogens with one attached hydrogen (secondary N) is 1. The van der Waals surface area contributed by atoms with E-state index in [9.17, 15) is 9.90 Å². The molecule has 0 unspecified atom stereocenters. The van der Waals surface area contributed by atoms with Gasteiger partial charge in [-0.15, -0.1) is 0 Å². The SMILES string of the molecule is Cc1cc(C)cc(C(O)(c2cc(C)cc(C)c2)[C@@H]2CCC(=O)N2)c1. The molecule has 1 atom stereocenters. The van der Waals surface area contributed by atoms with Gasteiger partial charge in [0.05, 0.1) is 6.04 Å². The second-order valence-corrected chi connectivity index (χ2v) is 7.18.